The van der Waals surface area contributed by atoms with Gasteiger partial charge in [-0.25, -0.2) is 0 Å². The first-order valence-electron chi connectivity index (χ1n) is 7.62. The Kier molecular flexibility index (Phi) is 5.43. The van der Waals surface area contributed by atoms with Gasteiger partial charge in [0.05, 0.1) is 6.54 Å². The van der Waals surface area contributed by atoms with E-state index in [-0.39, 0.29) is 11.4 Å². The largest absolute Gasteiger partial charge is 0.350 e. The predicted octanol–water partition coefficient (Wildman–Crippen LogP) is 3.10. The summed E-state index contributed by atoms with van der Waals surface area (Å²) in [7, 11) is 0. The zero-order valence-corrected chi connectivity index (χ0v) is 13.6. The third-order valence-corrected chi connectivity index (χ3v) is 4.02. The number of hydrogen-bond acceptors (Lipinski definition) is 2. The lowest BCUT2D eigenvalue weighted by Gasteiger charge is -2.37. The number of carbonyl (C=O) groups excluding carboxylic acids is 1. The molecule has 1 amide bonds. The van der Waals surface area contributed by atoms with Crippen molar-refractivity contribution in [2.75, 3.05) is 6.54 Å². The van der Waals surface area contributed by atoms with E-state index in [0.717, 1.165) is 5.92 Å². The summed E-state index contributed by atoms with van der Waals surface area (Å²) in [5.74, 6) is 0.930. The van der Waals surface area contributed by atoms with Gasteiger partial charge in [-0.1, -0.05) is 20.8 Å². The molecule has 19 heavy (non-hydrogen) atoms. The minimum atomic E-state index is -0.136. The van der Waals surface area contributed by atoms with E-state index >= 15 is 0 Å². The minimum Gasteiger partial charge on any atom is -0.350 e. The Bertz CT molecular complexity index is 291. The van der Waals surface area contributed by atoms with Gasteiger partial charge in [-0.2, -0.15) is 0 Å². The van der Waals surface area contributed by atoms with Crippen LogP contribution in [0.15, 0.2) is 0 Å². The van der Waals surface area contributed by atoms with Crippen molar-refractivity contribution < 1.29 is 4.79 Å². The van der Waals surface area contributed by atoms with Crippen LogP contribution in [-0.4, -0.2) is 24.0 Å². The molecule has 0 heterocycles. The monoisotopic (exact) mass is 268 g/mol. The Balaban J connectivity index is 2.25. The second kappa shape index (κ2) is 6.25. The van der Waals surface area contributed by atoms with E-state index in [0.29, 0.717) is 18.0 Å². The van der Waals surface area contributed by atoms with Gasteiger partial charge in [0.25, 0.3) is 0 Å². The van der Waals surface area contributed by atoms with Crippen LogP contribution in [0.3, 0.4) is 0 Å². The first-order valence-corrected chi connectivity index (χ1v) is 7.62. The molecule has 0 bridgehead atoms. The Morgan fingerprint density at radius 2 is 1.53 bits per heavy atom. The summed E-state index contributed by atoms with van der Waals surface area (Å²) < 4.78 is 0. The van der Waals surface area contributed by atoms with Crippen LogP contribution in [0.1, 0.15) is 67.2 Å². The molecule has 1 aliphatic rings. The summed E-state index contributed by atoms with van der Waals surface area (Å²) in [4.78, 5) is 11.8. The fourth-order valence-electron chi connectivity index (χ4n) is 2.86. The quantitative estimate of drug-likeness (QED) is 0.826. The molecule has 0 aromatic carbocycles. The average molecular weight is 268 g/mol. The van der Waals surface area contributed by atoms with Crippen molar-refractivity contribution in [3.63, 3.8) is 0 Å². The molecule has 0 spiro atoms. The summed E-state index contributed by atoms with van der Waals surface area (Å²) in [6.45, 7) is 13.5. The van der Waals surface area contributed by atoms with E-state index in [1.54, 1.807) is 0 Å². The van der Waals surface area contributed by atoms with Gasteiger partial charge in [-0.3, -0.25) is 4.79 Å². The maximum absolute atomic E-state index is 11.8. The zero-order chi connectivity index (χ0) is 14.7. The molecule has 0 unspecified atom stereocenters. The maximum Gasteiger partial charge on any atom is 0.234 e. The molecule has 1 rings (SSSR count). The van der Waals surface area contributed by atoms with E-state index in [4.69, 9.17) is 0 Å². The first-order chi connectivity index (χ1) is 8.58. The number of hydrogen-bond donors (Lipinski definition) is 2. The smallest absolute Gasteiger partial charge is 0.234 e. The highest BCUT2D eigenvalue weighted by Crippen LogP contribution is 2.37. The fraction of sp³-hybridized carbons (Fsp3) is 0.938. The van der Waals surface area contributed by atoms with Crippen LogP contribution >= 0.6 is 0 Å². The number of nitrogens with one attached hydrogen (secondary N) is 2. The van der Waals surface area contributed by atoms with Gasteiger partial charge in [0.1, 0.15) is 0 Å². The highest BCUT2D eigenvalue weighted by molar-refractivity contribution is 5.78. The van der Waals surface area contributed by atoms with Crippen molar-refractivity contribution >= 4 is 5.91 Å². The molecule has 0 atom stereocenters. The third kappa shape index (κ3) is 6.42. The molecule has 0 radical (unpaired) electrons. The highest BCUT2D eigenvalue weighted by Gasteiger charge is 2.29. The summed E-state index contributed by atoms with van der Waals surface area (Å²) in [6, 6.07) is 0.518. The van der Waals surface area contributed by atoms with Crippen LogP contribution in [0.5, 0.6) is 0 Å². The Morgan fingerprint density at radius 3 is 1.95 bits per heavy atom. The Morgan fingerprint density at radius 1 is 1.00 bits per heavy atom. The van der Waals surface area contributed by atoms with Crippen molar-refractivity contribution in [2.45, 2.75) is 78.8 Å². The molecule has 2 N–H and O–H groups in total. The molecule has 1 saturated carbocycles. The second-order valence-electron chi connectivity index (χ2n) is 8.09. The van der Waals surface area contributed by atoms with Gasteiger partial charge in [-0.15, -0.1) is 0 Å². The van der Waals surface area contributed by atoms with Crippen LogP contribution in [0, 0.1) is 11.3 Å². The van der Waals surface area contributed by atoms with E-state index in [2.05, 4.69) is 31.4 Å². The third-order valence-electron chi connectivity index (χ3n) is 4.02. The second-order valence-corrected chi connectivity index (χ2v) is 8.09. The van der Waals surface area contributed by atoms with E-state index in [1.165, 1.54) is 25.7 Å². The van der Waals surface area contributed by atoms with Crippen LogP contribution in [0.2, 0.25) is 0 Å². The van der Waals surface area contributed by atoms with Crippen LogP contribution in [0.4, 0.5) is 0 Å². The fourth-order valence-corrected chi connectivity index (χ4v) is 2.86. The molecule has 3 heteroatoms. The lowest BCUT2D eigenvalue weighted by molar-refractivity contribution is -0.121. The van der Waals surface area contributed by atoms with Crippen molar-refractivity contribution in [3.05, 3.63) is 0 Å². The molecule has 0 aromatic rings. The van der Waals surface area contributed by atoms with Crippen LogP contribution < -0.4 is 10.6 Å². The average Bonchev–Trinajstić information content (AvgIpc) is 2.23. The molecular formula is C16H32N2O. The van der Waals surface area contributed by atoms with Crippen molar-refractivity contribution in [1.29, 1.82) is 0 Å². The van der Waals surface area contributed by atoms with Crippen LogP contribution in [0.25, 0.3) is 0 Å². The van der Waals surface area contributed by atoms with Gasteiger partial charge in [0.2, 0.25) is 5.91 Å². The molecule has 3 nitrogen and oxygen atoms in total. The molecule has 0 saturated heterocycles. The highest BCUT2D eigenvalue weighted by atomic mass is 16.2. The van der Waals surface area contributed by atoms with Crippen LogP contribution in [-0.2, 0) is 4.79 Å². The zero-order valence-electron chi connectivity index (χ0n) is 13.6. The van der Waals surface area contributed by atoms with Crippen molar-refractivity contribution in [1.82, 2.24) is 10.6 Å². The molecular weight excluding hydrogens is 236 g/mol. The summed E-state index contributed by atoms with van der Waals surface area (Å²) in [5.41, 5.74) is 0.289. The van der Waals surface area contributed by atoms with Crippen molar-refractivity contribution in [3.8, 4) is 0 Å². The van der Waals surface area contributed by atoms with Gasteiger partial charge in [0, 0.05) is 11.6 Å². The Hall–Kier alpha value is -0.570. The lowest BCUT2D eigenvalue weighted by Crippen LogP contribution is -2.47. The minimum absolute atomic E-state index is 0.102. The number of rotatable bonds is 3. The Labute approximate surface area is 118 Å². The molecule has 1 fully saturated rings. The van der Waals surface area contributed by atoms with E-state index < -0.39 is 0 Å². The standard InChI is InChI=1S/C16H32N2O/c1-15(2,3)12-7-9-13(10-8-12)17-11-14(19)18-16(4,5)6/h12-13,17H,7-11H2,1-6H3,(H,18,19). The molecule has 112 valence electrons. The van der Waals surface area contributed by atoms with Gasteiger partial charge in [-0.05, 0) is 57.8 Å². The first kappa shape index (κ1) is 16.5. The summed E-state index contributed by atoms with van der Waals surface area (Å²) in [5, 5.41) is 6.39. The topological polar surface area (TPSA) is 41.1 Å². The van der Waals surface area contributed by atoms with Gasteiger partial charge in [0.15, 0.2) is 0 Å². The number of carbonyl (C=O) groups is 1. The molecule has 1 aliphatic carbocycles. The van der Waals surface area contributed by atoms with Gasteiger partial charge < -0.3 is 10.6 Å². The lowest BCUT2D eigenvalue weighted by atomic mass is 9.71. The van der Waals surface area contributed by atoms with E-state index in [1.807, 2.05) is 20.8 Å². The summed E-state index contributed by atoms with van der Waals surface area (Å²) >= 11 is 0. The molecule has 0 aromatic heterocycles. The van der Waals surface area contributed by atoms with Gasteiger partial charge >= 0.3 is 0 Å². The SMILES string of the molecule is CC(C)(C)NC(=O)CNC1CCC(C(C)(C)C)CC1. The molecule has 0 aliphatic heterocycles. The maximum atomic E-state index is 11.8. The normalized spacial score (nSPS) is 25.2. The van der Waals surface area contributed by atoms with E-state index in [9.17, 15) is 4.79 Å². The number of amides is 1. The summed E-state index contributed by atoms with van der Waals surface area (Å²) in [6.07, 6.45) is 4.96. The predicted molar refractivity (Wildman–Crippen MR) is 81.1 cm³/mol. The van der Waals surface area contributed by atoms with Crippen molar-refractivity contribution in [2.24, 2.45) is 11.3 Å².